The minimum atomic E-state index is 0.0556. The molecule has 0 atom stereocenters. The first kappa shape index (κ1) is 12.9. The number of hydrogen-bond acceptors (Lipinski definition) is 3. The highest BCUT2D eigenvalue weighted by atomic mass is 16.7. The van der Waals surface area contributed by atoms with E-state index in [1.54, 1.807) is 0 Å². The van der Waals surface area contributed by atoms with Crippen LogP contribution in [0.1, 0.15) is 24.8 Å². The first-order valence-electron chi connectivity index (χ1n) is 6.38. The van der Waals surface area contributed by atoms with E-state index < -0.39 is 0 Å². The Morgan fingerprint density at radius 3 is 2.83 bits per heavy atom. The fourth-order valence-electron chi connectivity index (χ4n) is 1.82. The van der Waals surface area contributed by atoms with Gasteiger partial charge in [-0.15, -0.1) is 0 Å². The molecular weight excluding hydrogens is 230 g/mol. The van der Waals surface area contributed by atoms with Crippen molar-refractivity contribution in [1.82, 2.24) is 5.06 Å². The highest BCUT2D eigenvalue weighted by Gasteiger charge is 2.18. The molecule has 18 heavy (non-hydrogen) atoms. The number of amides is 1. The van der Waals surface area contributed by atoms with Crippen molar-refractivity contribution in [2.24, 2.45) is 0 Å². The van der Waals surface area contributed by atoms with Crippen molar-refractivity contribution in [2.75, 3.05) is 19.8 Å². The highest BCUT2D eigenvalue weighted by Crippen LogP contribution is 2.12. The van der Waals surface area contributed by atoms with Gasteiger partial charge in [0.2, 0.25) is 5.91 Å². The van der Waals surface area contributed by atoms with E-state index in [-0.39, 0.29) is 5.91 Å². The number of carbonyl (C=O) groups excluding carboxylic acids is 1. The molecule has 1 amide bonds. The van der Waals surface area contributed by atoms with E-state index in [4.69, 9.17) is 9.57 Å². The standard InChI is InChI=1S/C14H19NO3/c1-12-5-7-13(8-6-12)17-10-2-4-14(16)15-9-3-11-18-15/h5-8H,2-4,9-11H2,1H3. The summed E-state index contributed by atoms with van der Waals surface area (Å²) in [6, 6.07) is 7.92. The summed E-state index contributed by atoms with van der Waals surface area (Å²) >= 11 is 0. The number of hydroxylamine groups is 2. The number of aryl methyl sites for hydroxylation is 1. The van der Waals surface area contributed by atoms with E-state index in [0.717, 1.165) is 18.7 Å². The lowest BCUT2D eigenvalue weighted by Crippen LogP contribution is -2.26. The molecule has 0 spiro atoms. The normalized spacial score (nSPS) is 14.8. The molecule has 0 saturated carbocycles. The Kier molecular flexibility index (Phi) is 4.59. The van der Waals surface area contributed by atoms with Crippen LogP contribution in [0.25, 0.3) is 0 Å². The van der Waals surface area contributed by atoms with Gasteiger partial charge in [-0.1, -0.05) is 17.7 Å². The summed E-state index contributed by atoms with van der Waals surface area (Å²) in [4.78, 5) is 16.8. The van der Waals surface area contributed by atoms with E-state index in [2.05, 4.69) is 0 Å². The Morgan fingerprint density at radius 2 is 2.17 bits per heavy atom. The fraction of sp³-hybridized carbons (Fsp3) is 0.500. The Balaban J connectivity index is 1.63. The third kappa shape index (κ3) is 3.74. The van der Waals surface area contributed by atoms with Crippen molar-refractivity contribution in [3.63, 3.8) is 0 Å². The highest BCUT2D eigenvalue weighted by molar-refractivity contribution is 5.75. The molecule has 4 nitrogen and oxygen atoms in total. The zero-order valence-electron chi connectivity index (χ0n) is 10.7. The number of carbonyl (C=O) groups is 1. The molecule has 2 rings (SSSR count). The van der Waals surface area contributed by atoms with Gasteiger partial charge in [0.05, 0.1) is 19.8 Å². The molecule has 4 heteroatoms. The first-order valence-corrected chi connectivity index (χ1v) is 6.38. The van der Waals surface area contributed by atoms with Crippen LogP contribution in [0, 0.1) is 6.92 Å². The summed E-state index contributed by atoms with van der Waals surface area (Å²) in [5.41, 5.74) is 1.21. The predicted molar refractivity (Wildman–Crippen MR) is 68.2 cm³/mol. The van der Waals surface area contributed by atoms with Crippen molar-refractivity contribution in [3.05, 3.63) is 29.8 Å². The fourth-order valence-corrected chi connectivity index (χ4v) is 1.82. The molecule has 1 aliphatic rings. The number of benzene rings is 1. The molecule has 1 saturated heterocycles. The molecule has 0 radical (unpaired) electrons. The van der Waals surface area contributed by atoms with Crippen molar-refractivity contribution < 1.29 is 14.4 Å². The number of ether oxygens (including phenoxy) is 1. The van der Waals surface area contributed by atoms with Crippen LogP contribution < -0.4 is 4.74 Å². The zero-order chi connectivity index (χ0) is 12.8. The Labute approximate surface area is 107 Å². The van der Waals surface area contributed by atoms with Gasteiger partial charge in [0.1, 0.15) is 5.75 Å². The molecule has 1 aliphatic heterocycles. The summed E-state index contributed by atoms with van der Waals surface area (Å²) in [6.07, 6.45) is 2.13. The van der Waals surface area contributed by atoms with E-state index in [1.807, 2.05) is 31.2 Å². The van der Waals surface area contributed by atoms with Crippen molar-refractivity contribution >= 4 is 5.91 Å². The lowest BCUT2D eigenvalue weighted by atomic mass is 10.2. The van der Waals surface area contributed by atoms with E-state index in [0.29, 0.717) is 26.1 Å². The number of hydrogen-bond donors (Lipinski definition) is 0. The smallest absolute Gasteiger partial charge is 0.246 e. The van der Waals surface area contributed by atoms with Gasteiger partial charge < -0.3 is 4.74 Å². The molecule has 1 fully saturated rings. The van der Waals surface area contributed by atoms with Crippen LogP contribution in [0.4, 0.5) is 0 Å². The average Bonchev–Trinajstić information content (AvgIpc) is 2.90. The molecule has 0 N–H and O–H groups in total. The van der Waals surface area contributed by atoms with Crippen molar-refractivity contribution in [1.29, 1.82) is 0 Å². The first-order chi connectivity index (χ1) is 8.75. The van der Waals surface area contributed by atoms with Crippen LogP contribution in [0.2, 0.25) is 0 Å². The SMILES string of the molecule is Cc1ccc(OCCCC(=O)N2CCCO2)cc1. The Bertz CT molecular complexity index is 383. The Morgan fingerprint density at radius 1 is 1.39 bits per heavy atom. The maximum absolute atomic E-state index is 11.6. The number of nitrogens with zero attached hydrogens (tertiary/aromatic N) is 1. The molecule has 0 bridgehead atoms. The van der Waals surface area contributed by atoms with Crippen LogP contribution in [0.5, 0.6) is 5.75 Å². The van der Waals surface area contributed by atoms with E-state index >= 15 is 0 Å². The van der Waals surface area contributed by atoms with Crippen LogP contribution in [0.3, 0.4) is 0 Å². The topological polar surface area (TPSA) is 38.8 Å². The third-order valence-electron chi connectivity index (χ3n) is 2.86. The third-order valence-corrected chi connectivity index (χ3v) is 2.86. The van der Waals surface area contributed by atoms with Crippen LogP contribution in [-0.4, -0.2) is 30.7 Å². The minimum absolute atomic E-state index is 0.0556. The molecule has 0 unspecified atom stereocenters. The molecule has 0 aliphatic carbocycles. The molecule has 98 valence electrons. The van der Waals surface area contributed by atoms with Gasteiger partial charge >= 0.3 is 0 Å². The Hall–Kier alpha value is -1.55. The monoisotopic (exact) mass is 249 g/mol. The summed E-state index contributed by atoms with van der Waals surface area (Å²) in [5.74, 6) is 0.908. The van der Waals surface area contributed by atoms with Gasteiger partial charge in [-0.2, -0.15) is 0 Å². The van der Waals surface area contributed by atoms with Gasteiger partial charge in [-0.25, -0.2) is 5.06 Å². The van der Waals surface area contributed by atoms with Crippen LogP contribution in [0.15, 0.2) is 24.3 Å². The summed E-state index contributed by atoms with van der Waals surface area (Å²) in [7, 11) is 0. The molecule has 0 aromatic heterocycles. The van der Waals surface area contributed by atoms with Gasteiger partial charge in [0.25, 0.3) is 0 Å². The number of rotatable bonds is 5. The second kappa shape index (κ2) is 6.40. The average molecular weight is 249 g/mol. The molecule has 1 aromatic carbocycles. The van der Waals surface area contributed by atoms with Crippen molar-refractivity contribution in [2.45, 2.75) is 26.2 Å². The van der Waals surface area contributed by atoms with E-state index in [1.165, 1.54) is 10.6 Å². The van der Waals surface area contributed by atoms with Gasteiger partial charge in [-0.05, 0) is 31.9 Å². The molecular formula is C14H19NO3. The molecule has 1 aromatic rings. The van der Waals surface area contributed by atoms with Crippen LogP contribution >= 0.6 is 0 Å². The maximum atomic E-state index is 11.6. The second-order valence-electron chi connectivity index (χ2n) is 4.45. The summed E-state index contributed by atoms with van der Waals surface area (Å²) in [5, 5.41) is 1.46. The molecule has 1 heterocycles. The van der Waals surface area contributed by atoms with Gasteiger partial charge in [-0.3, -0.25) is 9.63 Å². The predicted octanol–water partition coefficient (Wildman–Crippen LogP) is 2.32. The largest absolute Gasteiger partial charge is 0.494 e. The van der Waals surface area contributed by atoms with Crippen molar-refractivity contribution in [3.8, 4) is 5.75 Å². The summed E-state index contributed by atoms with van der Waals surface area (Å²) in [6.45, 7) is 3.98. The zero-order valence-corrected chi connectivity index (χ0v) is 10.7. The lowest BCUT2D eigenvalue weighted by molar-refractivity contribution is -0.168. The quantitative estimate of drug-likeness (QED) is 0.752. The lowest BCUT2D eigenvalue weighted by Gasteiger charge is -2.13. The van der Waals surface area contributed by atoms with Gasteiger partial charge in [0, 0.05) is 6.42 Å². The minimum Gasteiger partial charge on any atom is -0.494 e. The second-order valence-corrected chi connectivity index (χ2v) is 4.45. The summed E-state index contributed by atoms with van der Waals surface area (Å²) < 4.78 is 5.56. The van der Waals surface area contributed by atoms with Crippen LogP contribution in [-0.2, 0) is 9.63 Å². The maximum Gasteiger partial charge on any atom is 0.246 e. The van der Waals surface area contributed by atoms with E-state index in [9.17, 15) is 4.79 Å². The van der Waals surface area contributed by atoms with Gasteiger partial charge in [0.15, 0.2) is 0 Å².